The number of nitriles is 1. The van der Waals surface area contributed by atoms with Gasteiger partial charge in [-0.1, -0.05) is 36.9 Å². The van der Waals surface area contributed by atoms with Crippen molar-refractivity contribution in [2.24, 2.45) is 0 Å². The van der Waals surface area contributed by atoms with Crippen molar-refractivity contribution in [1.82, 2.24) is 4.90 Å². The maximum atomic E-state index is 8.82. The van der Waals surface area contributed by atoms with E-state index in [4.69, 9.17) is 16.9 Å². The van der Waals surface area contributed by atoms with Crippen molar-refractivity contribution in [3.8, 4) is 6.07 Å². The van der Waals surface area contributed by atoms with E-state index in [0.717, 1.165) is 12.1 Å². The first-order valence-electron chi connectivity index (χ1n) is 6.59. The molecule has 1 aromatic carbocycles. The normalized spacial score (nSPS) is 16.8. The van der Waals surface area contributed by atoms with E-state index in [-0.39, 0.29) is 0 Å². The zero-order chi connectivity index (χ0) is 13.0. The Morgan fingerprint density at radius 2 is 2.06 bits per heavy atom. The fraction of sp³-hybridized carbons (Fsp3) is 0.533. The summed E-state index contributed by atoms with van der Waals surface area (Å²) in [5, 5.41) is 9.52. The first kappa shape index (κ1) is 13.4. The predicted molar refractivity (Wildman–Crippen MR) is 74.5 cm³/mol. The first-order valence-corrected chi connectivity index (χ1v) is 6.97. The molecule has 0 spiro atoms. The Balaban J connectivity index is 2.02. The predicted octanol–water partition coefficient (Wildman–Crippen LogP) is 3.98. The minimum absolute atomic E-state index is 0.629. The second-order valence-corrected chi connectivity index (χ2v) is 5.53. The topological polar surface area (TPSA) is 27.0 Å². The van der Waals surface area contributed by atoms with Crippen molar-refractivity contribution in [3.05, 3.63) is 34.3 Å². The molecule has 0 unspecified atom stereocenters. The molecule has 1 aromatic rings. The Morgan fingerprint density at radius 1 is 1.33 bits per heavy atom. The number of hydrogen-bond acceptors (Lipinski definition) is 2. The average Bonchev–Trinajstić information content (AvgIpc) is 2.42. The highest BCUT2D eigenvalue weighted by Crippen LogP contribution is 2.25. The fourth-order valence-corrected chi connectivity index (χ4v) is 2.90. The second kappa shape index (κ2) is 6.22. The summed E-state index contributed by atoms with van der Waals surface area (Å²) in [6.45, 7) is 0.870. The van der Waals surface area contributed by atoms with Crippen LogP contribution in [0.25, 0.3) is 0 Å². The molecular weight excluding hydrogens is 244 g/mol. The molecular formula is C15H19ClN2. The van der Waals surface area contributed by atoms with Gasteiger partial charge in [0.1, 0.15) is 0 Å². The second-order valence-electron chi connectivity index (χ2n) is 5.12. The van der Waals surface area contributed by atoms with Gasteiger partial charge in [-0.05, 0) is 37.6 Å². The minimum atomic E-state index is 0.629. The van der Waals surface area contributed by atoms with Gasteiger partial charge in [-0.2, -0.15) is 5.26 Å². The molecule has 1 saturated carbocycles. The molecule has 96 valence electrons. The highest BCUT2D eigenvalue weighted by molar-refractivity contribution is 6.31. The maximum Gasteiger partial charge on any atom is 0.0992 e. The fourth-order valence-electron chi connectivity index (χ4n) is 2.66. The molecule has 0 amide bonds. The molecule has 0 bridgehead atoms. The number of benzene rings is 1. The smallest absolute Gasteiger partial charge is 0.0992 e. The molecule has 0 N–H and O–H groups in total. The largest absolute Gasteiger partial charge is 0.299 e. The quantitative estimate of drug-likeness (QED) is 0.824. The van der Waals surface area contributed by atoms with Gasteiger partial charge in [0.15, 0.2) is 0 Å². The summed E-state index contributed by atoms with van der Waals surface area (Å²) in [6.07, 6.45) is 6.66. The minimum Gasteiger partial charge on any atom is -0.299 e. The van der Waals surface area contributed by atoms with E-state index in [1.165, 1.54) is 32.1 Å². The van der Waals surface area contributed by atoms with Crippen LogP contribution >= 0.6 is 11.6 Å². The molecule has 2 rings (SSSR count). The van der Waals surface area contributed by atoms with Gasteiger partial charge in [-0.3, -0.25) is 4.90 Å². The van der Waals surface area contributed by atoms with E-state index in [9.17, 15) is 0 Å². The Morgan fingerprint density at radius 3 is 2.67 bits per heavy atom. The van der Waals surface area contributed by atoms with Crippen molar-refractivity contribution < 1.29 is 0 Å². The third kappa shape index (κ3) is 3.25. The van der Waals surface area contributed by atoms with Gasteiger partial charge in [0.2, 0.25) is 0 Å². The molecule has 18 heavy (non-hydrogen) atoms. The van der Waals surface area contributed by atoms with E-state index in [2.05, 4.69) is 18.0 Å². The number of halogens is 1. The Bertz CT molecular complexity index is 444. The van der Waals surface area contributed by atoms with Crippen molar-refractivity contribution in [2.75, 3.05) is 7.05 Å². The summed E-state index contributed by atoms with van der Waals surface area (Å²) in [6, 6.07) is 8.37. The van der Waals surface area contributed by atoms with Gasteiger partial charge >= 0.3 is 0 Å². The molecule has 0 heterocycles. The van der Waals surface area contributed by atoms with Crippen LogP contribution in [0.3, 0.4) is 0 Å². The van der Waals surface area contributed by atoms with Crippen LogP contribution in [-0.2, 0) is 6.54 Å². The van der Waals surface area contributed by atoms with Crippen LogP contribution in [0.5, 0.6) is 0 Å². The van der Waals surface area contributed by atoms with Crippen molar-refractivity contribution in [3.63, 3.8) is 0 Å². The summed E-state index contributed by atoms with van der Waals surface area (Å²) in [5.41, 5.74) is 1.74. The molecule has 3 heteroatoms. The van der Waals surface area contributed by atoms with Gasteiger partial charge in [-0.25, -0.2) is 0 Å². The van der Waals surface area contributed by atoms with Crippen molar-refractivity contribution >= 4 is 11.6 Å². The van der Waals surface area contributed by atoms with E-state index >= 15 is 0 Å². The lowest BCUT2D eigenvalue weighted by Crippen LogP contribution is -2.32. The summed E-state index contributed by atoms with van der Waals surface area (Å²) in [4.78, 5) is 2.40. The lowest BCUT2D eigenvalue weighted by atomic mass is 9.94. The lowest BCUT2D eigenvalue weighted by Gasteiger charge is -2.31. The van der Waals surface area contributed by atoms with Crippen molar-refractivity contribution in [2.45, 2.75) is 44.7 Å². The summed E-state index contributed by atoms with van der Waals surface area (Å²) in [7, 11) is 2.17. The van der Waals surface area contributed by atoms with Gasteiger partial charge in [0.25, 0.3) is 0 Å². The van der Waals surface area contributed by atoms with E-state index < -0.39 is 0 Å². The van der Waals surface area contributed by atoms with Gasteiger partial charge < -0.3 is 0 Å². The standard InChI is InChI=1S/C15H19ClN2/c1-18(14-5-3-2-4-6-14)11-13-8-7-12(10-17)9-15(13)16/h7-9,14H,2-6,11H2,1H3. The first-order chi connectivity index (χ1) is 8.70. The molecule has 1 fully saturated rings. The SMILES string of the molecule is CN(Cc1ccc(C#N)cc1Cl)C1CCCCC1. The highest BCUT2D eigenvalue weighted by atomic mass is 35.5. The van der Waals surface area contributed by atoms with Crippen LogP contribution < -0.4 is 0 Å². The zero-order valence-electron chi connectivity index (χ0n) is 10.8. The molecule has 1 aliphatic carbocycles. The Kier molecular flexibility index (Phi) is 4.63. The summed E-state index contributed by atoms with van der Waals surface area (Å²) < 4.78 is 0. The Labute approximate surface area is 114 Å². The van der Waals surface area contributed by atoms with Gasteiger partial charge in [-0.15, -0.1) is 0 Å². The third-order valence-corrected chi connectivity index (χ3v) is 4.15. The van der Waals surface area contributed by atoms with Crippen molar-refractivity contribution in [1.29, 1.82) is 5.26 Å². The Hall–Kier alpha value is -1.04. The zero-order valence-corrected chi connectivity index (χ0v) is 11.6. The maximum absolute atomic E-state index is 8.82. The summed E-state index contributed by atoms with van der Waals surface area (Å²) in [5.74, 6) is 0. The monoisotopic (exact) mass is 262 g/mol. The molecule has 0 radical (unpaired) electrons. The molecule has 0 saturated heterocycles. The number of rotatable bonds is 3. The number of hydrogen-bond donors (Lipinski definition) is 0. The third-order valence-electron chi connectivity index (χ3n) is 3.80. The molecule has 0 atom stereocenters. The molecule has 2 nitrogen and oxygen atoms in total. The van der Waals surface area contributed by atoms with E-state index in [0.29, 0.717) is 16.6 Å². The molecule has 0 aliphatic heterocycles. The van der Waals surface area contributed by atoms with Gasteiger partial charge in [0, 0.05) is 17.6 Å². The van der Waals surface area contributed by atoms with E-state index in [1.54, 1.807) is 6.07 Å². The molecule has 1 aliphatic rings. The van der Waals surface area contributed by atoms with Crippen LogP contribution in [0.15, 0.2) is 18.2 Å². The van der Waals surface area contributed by atoms with Crippen LogP contribution in [0.2, 0.25) is 5.02 Å². The molecule has 0 aromatic heterocycles. The van der Waals surface area contributed by atoms with Crippen LogP contribution in [0.1, 0.15) is 43.2 Å². The summed E-state index contributed by atoms with van der Waals surface area (Å²) >= 11 is 6.21. The number of nitrogens with zero attached hydrogens (tertiary/aromatic N) is 2. The van der Waals surface area contributed by atoms with Crippen LogP contribution in [0, 0.1) is 11.3 Å². The van der Waals surface area contributed by atoms with Crippen LogP contribution in [-0.4, -0.2) is 18.0 Å². The lowest BCUT2D eigenvalue weighted by molar-refractivity contribution is 0.184. The highest BCUT2D eigenvalue weighted by Gasteiger charge is 2.18. The van der Waals surface area contributed by atoms with E-state index in [1.807, 2.05) is 12.1 Å². The van der Waals surface area contributed by atoms with Gasteiger partial charge in [0.05, 0.1) is 11.6 Å². The average molecular weight is 263 g/mol. The van der Waals surface area contributed by atoms with Crippen LogP contribution in [0.4, 0.5) is 0 Å².